The van der Waals surface area contributed by atoms with Crippen LogP contribution in [0.25, 0.3) is 0 Å². The Labute approximate surface area is 77.3 Å². The molecule has 1 aliphatic rings. The number of rotatable bonds is 2. The van der Waals surface area contributed by atoms with Gasteiger partial charge in [0, 0.05) is 11.6 Å². The van der Waals surface area contributed by atoms with Crippen molar-refractivity contribution in [2.75, 3.05) is 13.7 Å². The summed E-state index contributed by atoms with van der Waals surface area (Å²) in [6.45, 7) is 1.03. The zero-order valence-corrected chi connectivity index (χ0v) is 7.58. The van der Waals surface area contributed by atoms with E-state index in [1.54, 1.807) is 19.2 Å². The van der Waals surface area contributed by atoms with Crippen molar-refractivity contribution in [1.82, 2.24) is 5.32 Å². The molecule has 1 atom stereocenters. The van der Waals surface area contributed by atoms with E-state index in [2.05, 4.69) is 5.32 Å². The van der Waals surface area contributed by atoms with E-state index < -0.39 is 0 Å². The van der Waals surface area contributed by atoms with Crippen LogP contribution in [0.15, 0.2) is 18.2 Å². The Morgan fingerprint density at radius 3 is 2.85 bits per heavy atom. The summed E-state index contributed by atoms with van der Waals surface area (Å²) in [6.07, 6.45) is 1.08. The molecule has 0 aromatic heterocycles. The minimum absolute atomic E-state index is 0.301. The van der Waals surface area contributed by atoms with Crippen LogP contribution in [0.4, 0.5) is 0 Å². The van der Waals surface area contributed by atoms with Crippen molar-refractivity contribution in [2.45, 2.75) is 12.5 Å². The number of phenolic OH excluding ortho intramolecular Hbond substituents is 1. The molecule has 1 aromatic carbocycles. The predicted molar refractivity (Wildman–Crippen MR) is 50.0 cm³/mol. The van der Waals surface area contributed by atoms with Crippen molar-refractivity contribution < 1.29 is 9.84 Å². The molecule has 1 saturated heterocycles. The Balaban J connectivity index is 2.30. The van der Waals surface area contributed by atoms with Gasteiger partial charge in [0.25, 0.3) is 0 Å². The standard InChI is InChI=1S/C10H13NO2/c1-13-7-2-3-10(12)8(6-7)9-4-5-11-9/h2-3,6,9,11-12H,4-5H2,1H3/t9-/m0/s1. The molecule has 1 aliphatic heterocycles. The van der Waals surface area contributed by atoms with Gasteiger partial charge in [0.05, 0.1) is 7.11 Å². The van der Waals surface area contributed by atoms with Crippen LogP contribution in [-0.4, -0.2) is 18.8 Å². The monoisotopic (exact) mass is 179 g/mol. The van der Waals surface area contributed by atoms with Crippen LogP contribution in [0.3, 0.4) is 0 Å². The molecule has 0 unspecified atom stereocenters. The minimum atomic E-state index is 0.301. The number of benzene rings is 1. The maximum absolute atomic E-state index is 9.57. The number of methoxy groups -OCH3 is 1. The molecule has 0 radical (unpaired) electrons. The van der Waals surface area contributed by atoms with Crippen LogP contribution in [0.1, 0.15) is 18.0 Å². The lowest BCUT2D eigenvalue weighted by molar-refractivity contribution is 0.359. The first kappa shape index (κ1) is 8.38. The lowest BCUT2D eigenvalue weighted by Crippen LogP contribution is -2.34. The smallest absolute Gasteiger partial charge is 0.120 e. The molecule has 0 saturated carbocycles. The molecule has 3 heteroatoms. The summed E-state index contributed by atoms with van der Waals surface area (Å²) in [5.41, 5.74) is 0.936. The van der Waals surface area contributed by atoms with Crippen molar-refractivity contribution >= 4 is 0 Å². The Kier molecular flexibility index (Phi) is 2.10. The van der Waals surface area contributed by atoms with Crippen LogP contribution in [0.2, 0.25) is 0 Å². The highest BCUT2D eigenvalue weighted by molar-refractivity contribution is 5.41. The highest BCUT2D eigenvalue weighted by Crippen LogP contribution is 2.32. The van der Waals surface area contributed by atoms with Gasteiger partial charge in [-0.15, -0.1) is 0 Å². The topological polar surface area (TPSA) is 41.5 Å². The van der Waals surface area contributed by atoms with Gasteiger partial charge in [-0.1, -0.05) is 0 Å². The molecule has 1 fully saturated rings. The average Bonchev–Trinajstić information content (AvgIpc) is 2.06. The van der Waals surface area contributed by atoms with Gasteiger partial charge >= 0.3 is 0 Å². The van der Waals surface area contributed by atoms with Crippen LogP contribution in [0.5, 0.6) is 11.5 Å². The zero-order valence-electron chi connectivity index (χ0n) is 7.58. The summed E-state index contributed by atoms with van der Waals surface area (Å²) in [5, 5.41) is 12.8. The summed E-state index contributed by atoms with van der Waals surface area (Å²) in [5.74, 6) is 1.14. The number of aromatic hydroxyl groups is 1. The molecular formula is C10H13NO2. The number of phenols is 1. The van der Waals surface area contributed by atoms with Gasteiger partial charge in [-0.3, -0.25) is 0 Å². The molecule has 70 valence electrons. The minimum Gasteiger partial charge on any atom is -0.508 e. The first-order valence-corrected chi connectivity index (χ1v) is 4.41. The second kappa shape index (κ2) is 3.26. The van der Waals surface area contributed by atoms with Gasteiger partial charge in [-0.25, -0.2) is 0 Å². The summed E-state index contributed by atoms with van der Waals surface area (Å²) in [7, 11) is 1.63. The van der Waals surface area contributed by atoms with Gasteiger partial charge in [0.15, 0.2) is 0 Å². The van der Waals surface area contributed by atoms with E-state index in [-0.39, 0.29) is 0 Å². The number of nitrogens with one attached hydrogen (secondary N) is 1. The molecule has 1 heterocycles. The molecule has 1 aromatic rings. The van der Waals surface area contributed by atoms with Gasteiger partial charge in [-0.2, -0.15) is 0 Å². The Hall–Kier alpha value is -1.22. The molecule has 0 aliphatic carbocycles. The Bertz CT molecular complexity index is 308. The van der Waals surface area contributed by atoms with Gasteiger partial charge < -0.3 is 15.2 Å². The quantitative estimate of drug-likeness (QED) is 0.721. The van der Waals surface area contributed by atoms with Crippen molar-refractivity contribution in [2.24, 2.45) is 0 Å². The summed E-state index contributed by atoms with van der Waals surface area (Å²) < 4.78 is 5.09. The number of ether oxygens (including phenoxy) is 1. The van der Waals surface area contributed by atoms with Crippen molar-refractivity contribution in [1.29, 1.82) is 0 Å². The average molecular weight is 179 g/mol. The molecule has 3 nitrogen and oxygen atoms in total. The second-order valence-corrected chi connectivity index (χ2v) is 3.22. The van der Waals surface area contributed by atoms with E-state index >= 15 is 0 Å². The second-order valence-electron chi connectivity index (χ2n) is 3.22. The lowest BCUT2D eigenvalue weighted by Gasteiger charge is -2.28. The van der Waals surface area contributed by atoms with Gasteiger partial charge in [0.1, 0.15) is 11.5 Å². The Morgan fingerprint density at radius 1 is 1.54 bits per heavy atom. The third-order valence-corrected chi connectivity index (χ3v) is 2.43. The molecule has 2 rings (SSSR count). The zero-order chi connectivity index (χ0) is 9.26. The Morgan fingerprint density at radius 2 is 2.31 bits per heavy atom. The van der Waals surface area contributed by atoms with Gasteiger partial charge in [-0.05, 0) is 31.2 Å². The van der Waals surface area contributed by atoms with E-state index in [1.165, 1.54) is 0 Å². The van der Waals surface area contributed by atoms with Crippen LogP contribution in [-0.2, 0) is 0 Å². The van der Waals surface area contributed by atoms with Crippen molar-refractivity contribution in [3.63, 3.8) is 0 Å². The number of hydrogen-bond donors (Lipinski definition) is 2. The van der Waals surface area contributed by atoms with E-state index in [1.807, 2.05) is 6.07 Å². The first-order valence-electron chi connectivity index (χ1n) is 4.41. The first-order chi connectivity index (χ1) is 6.31. The molecular weight excluding hydrogens is 166 g/mol. The van der Waals surface area contributed by atoms with Crippen molar-refractivity contribution in [3.8, 4) is 11.5 Å². The maximum atomic E-state index is 9.57. The largest absolute Gasteiger partial charge is 0.508 e. The molecule has 0 bridgehead atoms. The van der Waals surface area contributed by atoms with E-state index in [9.17, 15) is 5.11 Å². The third kappa shape index (κ3) is 1.47. The highest BCUT2D eigenvalue weighted by Gasteiger charge is 2.21. The highest BCUT2D eigenvalue weighted by atomic mass is 16.5. The molecule has 2 N–H and O–H groups in total. The van der Waals surface area contributed by atoms with Crippen LogP contribution < -0.4 is 10.1 Å². The van der Waals surface area contributed by atoms with Crippen molar-refractivity contribution in [3.05, 3.63) is 23.8 Å². The van der Waals surface area contributed by atoms with Crippen LogP contribution >= 0.6 is 0 Å². The number of hydrogen-bond acceptors (Lipinski definition) is 3. The maximum Gasteiger partial charge on any atom is 0.120 e. The fourth-order valence-corrected chi connectivity index (χ4v) is 1.49. The summed E-state index contributed by atoms with van der Waals surface area (Å²) >= 11 is 0. The summed E-state index contributed by atoms with van der Waals surface area (Å²) in [6, 6.07) is 5.62. The molecule has 0 amide bonds. The van der Waals surface area contributed by atoms with E-state index in [4.69, 9.17) is 4.74 Å². The van der Waals surface area contributed by atoms with Gasteiger partial charge in [0.2, 0.25) is 0 Å². The van der Waals surface area contributed by atoms with Crippen LogP contribution in [0, 0.1) is 0 Å². The fourth-order valence-electron chi connectivity index (χ4n) is 1.49. The summed E-state index contributed by atoms with van der Waals surface area (Å²) in [4.78, 5) is 0. The normalized spacial score (nSPS) is 20.8. The third-order valence-electron chi connectivity index (χ3n) is 2.43. The molecule has 0 spiro atoms. The predicted octanol–water partition coefficient (Wildman–Crippen LogP) is 1.44. The fraction of sp³-hybridized carbons (Fsp3) is 0.400. The molecule has 13 heavy (non-hydrogen) atoms. The lowest BCUT2D eigenvalue weighted by atomic mass is 9.97. The SMILES string of the molecule is COc1ccc(O)c([C@@H]2CCN2)c1. The van der Waals surface area contributed by atoms with E-state index in [0.29, 0.717) is 11.8 Å². The van der Waals surface area contributed by atoms with E-state index in [0.717, 1.165) is 24.3 Å².